The average Bonchev–Trinajstić information content (AvgIpc) is 3.50. The maximum atomic E-state index is 13.2. The number of hydrogen-bond acceptors (Lipinski definition) is 5. The molecule has 1 aromatic heterocycles. The zero-order valence-corrected chi connectivity index (χ0v) is 18.8. The van der Waals surface area contributed by atoms with Crippen molar-refractivity contribution in [3.05, 3.63) is 65.4 Å². The quantitative estimate of drug-likeness (QED) is 0.640. The lowest BCUT2D eigenvalue weighted by Gasteiger charge is -2.18. The minimum atomic E-state index is -0.422. The molecule has 2 aliphatic rings. The van der Waals surface area contributed by atoms with Gasteiger partial charge in [0.1, 0.15) is 11.6 Å². The van der Waals surface area contributed by atoms with Crippen molar-refractivity contribution in [1.82, 2.24) is 9.78 Å². The number of aryl methyl sites for hydroxylation is 1. The molecule has 0 bridgehead atoms. The Bertz CT molecular complexity index is 1190. The minimum absolute atomic E-state index is 0.0523. The van der Waals surface area contributed by atoms with Crippen molar-refractivity contribution in [1.29, 1.82) is 0 Å². The molecule has 1 fully saturated rings. The third-order valence-electron chi connectivity index (χ3n) is 6.02. The van der Waals surface area contributed by atoms with Gasteiger partial charge < -0.3 is 15.0 Å². The lowest BCUT2D eigenvalue weighted by molar-refractivity contribution is -0.122. The van der Waals surface area contributed by atoms with Crippen molar-refractivity contribution < 1.29 is 14.3 Å². The maximum Gasteiger partial charge on any atom is 0.230 e. The molecule has 3 aromatic rings. The van der Waals surface area contributed by atoms with Gasteiger partial charge in [-0.2, -0.15) is 16.9 Å². The molecule has 0 aliphatic carbocycles. The van der Waals surface area contributed by atoms with Crippen LogP contribution in [0.15, 0.2) is 48.5 Å². The number of para-hydroxylation sites is 1. The second-order valence-electron chi connectivity index (χ2n) is 8.06. The Labute approximate surface area is 190 Å². The van der Waals surface area contributed by atoms with Crippen LogP contribution in [0, 0.1) is 12.8 Å². The second-order valence-corrected chi connectivity index (χ2v) is 9.04. The molecule has 5 rings (SSSR count). The first-order valence-corrected chi connectivity index (χ1v) is 11.7. The minimum Gasteiger partial charge on any atom is -0.497 e. The molecule has 164 valence electrons. The van der Waals surface area contributed by atoms with E-state index in [9.17, 15) is 9.59 Å². The Morgan fingerprint density at radius 3 is 2.69 bits per heavy atom. The van der Waals surface area contributed by atoms with Crippen LogP contribution in [0.2, 0.25) is 0 Å². The fourth-order valence-electron chi connectivity index (χ4n) is 4.23. The number of amides is 2. The highest BCUT2D eigenvalue weighted by Crippen LogP contribution is 2.37. The number of carbonyl (C=O) groups is 2. The van der Waals surface area contributed by atoms with Gasteiger partial charge in [0.2, 0.25) is 11.8 Å². The summed E-state index contributed by atoms with van der Waals surface area (Å²) in [5.41, 5.74) is 4.88. The van der Waals surface area contributed by atoms with Crippen LogP contribution in [0.25, 0.3) is 5.69 Å². The van der Waals surface area contributed by atoms with Crippen LogP contribution < -0.4 is 15.0 Å². The number of fused-ring (bicyclic) bond motifs is 1. The highest BCUT2D eigenvalue weighted by Gasteiger charge is 2.36. The Balaban J connectivity index is 1.39. The third kappa shape index (κ3) is 3.64. The Hall–Kier alpha value is -3.26. The van der Waals surface area contributed by atoms with Crippen LogP contribution in [0.1, 0.15) is 23.2 Å². The molecule has 1 unspecified atom stereocenters. The van der Waals surface area contributed by atoms with Crippen LogP contribution in [-0.4, -0.2) is 35.2 Å². The van der Waals surface area contributed by atoms with Gasteiger partial charge in [0, 0.05) is 35.7 Å². The maximum absolute atomic E-state index is 13.2. The van der Waals surface area contributed by atoms with Crippen molar-refractivity contribution in [3.8, 4) is 11.4 Å². The van der Waals surface area contributed by atoms with Crippen molar-refractivity contribution in [3.63, 3.8) is 0 Å². The first-order chi connectivity index (χ1) is 15.5. The van der Waals surface area contributed by atoms with E-state index in [1.54, 1.807) is 23.8 Å². The van der Waals surface area contributed by atoms with Gasteiger partial charge in [-0.1, -0.05) is 18.2 Å². The molecule has 1 atom stereocenters. The summed E-state index contributed by atoms with van der Waals surface area (Å²) >= 11 is 1.79. The predicted octanol–water partition coefficient (Wildman–Crippen LogP) is 3.93. The highest BCUT2D eigenvalue weighted by molar-refractivity contribution is 7.98. The van der Waals surface area contributed by atoms with Gasteiger partial charge in [0.05, 0.1) is 24.4 Å². The van der Waals surface area contributed by atoms with Gasteiger partial charge >= 0.3 is 0 Å². The number of ether oxygens (including phenoxy) is 1. The van der Waals surface area contributed by atoms with Gasteiger partial charge in [-0.15, -0.1) is 0 Å². The molecule has 32 heavy (non-hydrogen) atoms. The number of nitrogens with one attached hydrogen (secondary N) is 1. The summed E-state index contributed by atoms with van der Waals surface area (Å²) in [5, 5.41) is 7.91. The van der Waals surface area contributed by atoms with E-state index >= 15 is 0 Å². The van der Waals surface area contributed by atoms with E-state index in [-0.39, 0.29) is 18.2 Å². The normalized spacial score (nSPS) is 17.5. The van der Waals surface area contributed by atoms with Crippen molar-refractivity contribution in [2.24, 2.45) is 5.92 Å². The molecule has 2 aromatic carbocycles. The van der Waals surface area contributed by atoms with E-state index in [4.69, 9.17) is 9.84 Å². The van der Waals surface area contributed by atoms with Gasteiger partial charge in [-0.3, -0.25) is 9.59 Å². The number of aromatic nitrogens is 2. The van der Waals surface area contributed by atoms with Gasteiger partial charge in [-0.25, -0.2) is 4.68 Å². The molecule has 1 saturated heterocycles. The molecule has 1 N–H and O–H groups in total. The average molecular weight is 449 g/mol. The smallest absolute Gasteiger partial charge is 0.230 e. The SMILES string of the molecule is COc1ccc(N2CC(C(=O)Nc3c4c(nn3-c3ccccc3C)CSC4)CC2=O)cc1. The van der Waals surface area contributed by atoms with E-state index in [0.717, 1.165) is 51.3 Å². The Morgan fingerprint density at radius 2 is 1.94 bits per heavy atom. The fraction of sp³-hybridized carbons (Fsp3) is 0.292. The van der Waals surface area contributed by atoms with E-state index in [2.05, 4.69) is 5.32 Å². The number of thioether (sulfide) groups is 1. The highest BCUT2D eigenvalue weighted by atomic mass is 32.2. The largest absolute Gasteiger partial charge is 0.497 e. The molecule has 8 heteroatoms. The van der Waals surface area contributed by atoms with Crippen LogP contribution in [-0.2, 0) is 21.1 Å². The summed E-state index contributed by atoms with van der Waals surface area (Å²) in [4.78, 5) is 27.6. The third-order valence-corrected chi connectivity index (χ3v) is 6.99. The number of anilines is 2. The standard InChI is InChI=1S/C24H24N4O3S/c1-15-5-3-4-6-21(15)28-23(19-13-32-14-20(19)26-28)25-24(30)16-11-22(29)27(12-16)17-7-9-18(31-2)10-8-17/h3-10,16H,11-14H2,1-2H3,(H,25,30). The number of benzene rings is 2. The number of carbonyl (C=O) groups excluding carboxylic acids is 2. The zero-order valence-electron chi connectivity index (χ0n) is 18.0. The van der Waals surface area contributed by atoms with Crippen LogP contribution in [0.5, 0.6) is 5.75 Å². The summed E-state index contributed by atoms with van der Waals surface area (Å²) in [6.45, 7) is 2.39. The molecule has 0 radical (unpaired) electrons. The van der Waals surface area contributed by atoms with Gasteiger partial charge in [-0.05, 0) is 42.8 Å². The lowest BCUT2D eigenvalue weighted by Crippen LogP contribution is -2.29. The molecule has 0 saturated carbocycles. The first-order valence-electron chi connectivity index (χ1n) is 10.5. The second kappa shape index (κ2) is 8.35. The summed E-state index contributed by atoms with van der Waals surface area (Å²) < 4.78 is 7.03. The zero-order chi connectivity index (χ0) is 22.2. The molecule has 2 aliphatic heterocycles. The summed E-state index contributed by atoms with van der Waals surface area (Å²) in [6.07, 6.45) is 0.188. The molecule has 3 heterocycles. The van der Waals surface area contributed by atoms with Crippen molar-refractivity contribution in [2.75, 3.05) is 23.9 Å². The van der Waals surface area contributed by atoms with Crippen molar-refractivity contribution in [2.45, 2.75) is 24.9 Å². The van der Waals surface area contributed by atoms with Gasteiger partial charge in [0.25, 0.3) is 0 Å². The first kappa shape index (κ1) is 20.6. The molecular formula is C24H24N4O3S. The predicted molar refractivity (Wildman–Crippen MR) is 125 cm³/mol. The monoisotopic (exact) mass is 448 g/mol. The number of nitrogens with zero attached hydrogens (tertiary/aromatic N) is 3. The fourth-order valence-corrected chi connectivity index (χ4v) is 5.27. The number of methoxy groups -OCH3 is 1. The van der Waals surface area contributed by atoms with Crippen molar-refractivity contribution >= 4 is 35.1 Å². The van der Waals surface area contributed by atoms with Crippen LogP contribution >= 0.6 is 11.8 Å². The van der Waals surface area contributed by atoms with E-state index in [1.807, 2.05) is 60.1 Å². The van der Waals surface area contributed by atoms with Crippen LogP contribution in [0.4, 0.5) is 11.5 Å². The molecule has 7 nitrogen and oxygen atoms in total. The lowest BCUT2D eigenvalue weighted by atomic mass is 10.1. The van der Waals surface area contributed by atoms with E-state index in [1.165, 1.54) is 0 Å². The molecule has 2 amide bonds. The Morgan fingerprint density at radius 1 is 1.16 bits per heavy atom. The van der Waals surface area contributed by atoms with Crippen LogP contribution in [0.3, 0.4) is 0 Å². The van der Waals surface area contributed by atoms with Gasteiger partial charge in [0.15, 0.2) is 0 Å². The Kier molecular flexibility index (Phi) is 5.38. The number of hydrogen-bond donors (Lipinski definition) is 1. The topological polar surface area (TPSA) is 76.5 Å². The summed E-state index contributed by atoms with van der Waals surface area (Å²) in [5.74, 6) is 2.48. The molecular weight excluding hydrogens is 424 g/mol. The molecule has 0 spiro atoms. The summed E-state index contributed by atoms with van der Waals surface area (Å²) in [6, 6.07) is 15.3. The van der Waals surface area contributed by atoms with E-state index < -0.39 is 5.92 Å². The van der Waals surface area contributed by atoms with E-state index in [0.29, 0.717) is 6.54 Å². The number of rotatable bonds is 5. The summed E-state index contributed by atoms with van der Waals surface area (Å²) in [7, 11) is 1.60.